The molecule has 5 nitrogen and oxygen atoms in total. The van der Waals surface area contributed by atoms with Crippen molar-refractivity contribution in [2.45, 2.75) is 19.9 Å². The Labute approximate surface area is 90.0 Å². The minimum absolute atomic E-state index is 0.226. The van der Waals surface area contributed by atoms with Crippen molar-refractivity contribution in [3.05, 3.63) is 18.1 Å². The van der Waals surface area contributed by atoms with Gasteiger partial charge in [-0.2, -0.15) is 0 Å². The second-order valence-electron chi connectivity index (χ2n) is 3.38. The molecule has 0 spiro atoms. The van der Waals surface area contributed by atoms with Crippen LogP contribution >= 0.6 is 0 Å². The number of aliphatic hydroxyl groups is 1. The summed E-state index contributed by atoms with van der Waals surface area (Å²) in [5.74, 6) is 0.442. The molecule has 0 fully saturated rings. The molecule has 0 aliphatic rings. The number of rotatable bonds is 6. The molecule has 84 valence electrons. The van der Waals surface area contributed by atoms with E-state index in [0.717, 1.165) is 31.7 Å². The van der Waals surface area contributed by atoms with Gasteiger partial charge in [-0.15, -0.1) is 0 Å². The molecule has 15 heavy (non-hydrogen) atoms. The van der Waals surface area contributed by atoms with Crippen LogP contribution in [-0.4, -0.2) is 39.7 Å². The van der Waals surface area contributed by atoms with Crippen LogP contribution in [0.4, 0.5) is 5.82 Å². The third kappa shape index (κ3) is 4.22. The van der Waals surface area contributed by atoms with E-state index in [1.54, 1.807) is 12.4 Å². The molecule has 0 atom stereocenters. The highest BCUT2D eigenvalue weighted by molar-refractivity contribution is 5.22. The van der Waals surface area contributed by atoms with Gasteiger partial charge in [0.25, 0.3) is 0 Å². The first-order valence-corrected chi connectivity index (χ1v) is 5.16. The van der Waals surface area contributed by atoms with Crippen molar-refractivity contribution >= 4 is 5.82 Å². The van der Waals surface area contributed by atoms with Gasteiger partial charge in [-0.1, -0.05) is 6.92 Å². The lowest BCUT2D eigenvalue weighted by Gasteiger charge is -2.18. The zero-order valence-electron chi connectivity index (χ0n) is 9.06. The fourth-order valence-corrected chi connectivity index (χ4v) is 1.32. The molecule has 0 saturated heterocycles. The first-order chi connectivity index (χ1) is 7.26. The Balaban J connectivity index is 2.47. The fraction of sp³-hybridized carbons (Fsp3) is 0.600. The largest absolute Gasteiger partial charge is 0.396 e. The van der Waals surface area contributed by atoms with Gasteiger partial charge in [-0.3, -0.25) is 9.88 Å². The number of hydrogen-bond donors (Lipinski definition) is 2. The average molecular weight is 210 g/mol. The minimum Gasteiger partial charge on any atom is -0.396 e. The number of nitrogen functional groups attached to an aromatic ring is 1. The van der Waals surface area contributed by atoms with E-state index >= 15 is 0 Å². The summed E-state index contributed by atoms with van der Waals surface area (Å²) in [6, 6.07) is 0. The Morgan fingerprint density at radius 1 is 1.40 bits per heavy atom. The standard InChI is InChI=1S/C10H18N4O/c1-2-14(4-3-5-15)8-9-6-13-10(11)7-12-9/h6-7,15H,2-5,8H2,1H3,(H2,11,13). The van der Waals surface area contributed by atoms with Crippen LogP contribution in [0.3, 0.4) is 0 Å². The van der Waals surface area contributed by atoms with Crippen LogP contribution in [-0.2, 0) is 6.54 Å². The highest BCUT2D eigenvalue weighted by Crippen LogP contribution is 2.02. The Hall–Kier alpha value is -1.20. The van der Waals surface area contributed by atoms with Gasteiger partial charge in [0.05, 0.1) is 18.1 Å². The molecule has 5 heteroatoms. The molecule has 0 aliphatic carbocycles. The molecule has 0 saturated carbocycles. The average Bonchev–Trinajstić information content (AvgIpc) is 2.27. The summed E-state index contributed by atoms with van der Waals surface area (Å²) in [6.07, 6.45) is 4.04. The smallest absolute Gasteiger partial charge is 0.141 e. The van der Waals surface area contributed by atoms with E-state index < -0.39 is 0 Å². The molecule has 0 unspecified atom stereocenters. The van der Waals surface area contributed by atoms with E-state index in [0.29, 0.717) is 5.82 Å². The van der Waals surface area contributed by atoms with Gasteiger partial charge in [-0.25, -0.2) is 4.98 Å². The molecule has 0 amide bonds. The SMILES string of the molecule is CCN(CCCO)Cc1cnc(N)cn1. The van der Waals surface area contributed by atoms with Gasteiger partial charge < -0.3 is 10.8 Å². The first kappa shape index (κ1) is 11.9. The zero-order valence-corrected chi connectivity index (χ0v) is 9.06. The summed E-state index contributed by atoms with van der Waals surface area (Å²) in [5, 5.41) is 8.74. The fourth-order valence-electron chi connectivity index (χ4n) is 1.32. The van der Waals surface area contributed by atoms with Crippen LogP contribution in [0.2, 0.25) is 0 Å². The van der Waals surface area contributed by atoms with Gasteiger partial charge in [0.1, 0.15) is 5.82 Å². The van der Waals surface area contributed by atoms with Gasteiger partial charge in [0.2, 0.25) is 0 Å². The lowest BCUT2D eigenvalue weighted by molar-refractivity contribution is 0.224. The molecule has 1 aromatic rings. The first-order valence-electron chi connectivity index (χ1n) is 5.16. The van der Waals surface area contributed by atoms with Crippen molar-refractivity contribution in [2.24, 2.45) is 0 Å². The summed E-state index contributed by atoms with van der Waals surface area (Å²) in [4.78, 5) is 10.4. The molecule has 3 N–H and O–H groups in total. The third-order valence-electron chi connectivity index (χ3n) is 2.19. The summed E-state index contributed by atoms with van der Waals surface area (Å²) in [5.41, 5.74) is 6.36. The van der Waals surface area contributed by atoms with E-state index in [-0.39, 0.29) is 6.61 Å². The van der Waals surface area contributed by atoms with Crippen LogP contribution < -0.4 is 5.73 Å². The number of aromatic nitrogens is 2. The predicted molar refractivity (Wildman–Crippen MR) is 59.1 cm³/mol. The Morgan fingerprint density at radius 3 is 2.73 bits per heavy atom. The number of nitrogens with zero attached hydrogens (tertiary/aromatic N) is 3. The predicted octanol–water partition coefficient (Wildman–Crippen LogP) is 0.263. The van der Waals surface area contributed by atoms with E-state index in [1.807, 2.05) is 0 Å². The van der Waals surface area contributed by atoms with Crippen molar-refractivity contribution < 1.29 is 5.11 Å². The maximum atomic E-state index is 8.74. The van der Waals surface area contributed by atoms with Gasteiger partial charge in [-0.05, 0) is 13.0 Å². The van der Waals surface area contributed by atoms with Crippen LogP contribution in [0.5, 0.6) is 0 Å². The molecule has 0 radical (unpaired) electrons. The topological polar surface area (TPSA) is 75.3 Å². The summed E-state index contributed by atoms with van der Waals surface area (Å²) in [7, 11) is 0. The number of nitrogens with two attached hydrogens (primary N) is 1. The van der Waals surface area contributed by atoms with Crippen molar-refractivity contribution in [1.29, 1.82) is 0 Å². The van der Waals surface area contributed by atoms with Crippen LogP contribution in [0.15, 0.2) is 12.4 Å². The van der Waals surface area contributed by atoms with Crippen LogP contribution in [0.25, 0.3) is 0 Å². The van der Waals surface area contributed by atoms with Gasteiger partial charge >= 0.3 is 0 Å². The molecular formula is C10H18N4O. The monoisotopic (exact) mass is 210 g/mol. The minimum atomic E-state index is 0.226. The van der Waals surface area contributed by atoms with Crippen LogP contribution in [0.1, 0.15) is 19.0 Å². The lowest BCUT2D eigenvalue weighted by atomic mass is 10.3. The number of aliphatic hydroxyl groups excluding tert-OH is 1. The zero-order chi connectivity index (χ0) is 11.1. The van der Waals surface area contributed by atoms with Gasteiger partial charge in [0, 0.05) is 19.7 Å². The quantitative estimate of drug-likeness (QED) is 0.704. The number of hydrogen-bond acceptors (Lipinski definition) is 5. The molecule has 1 heterocycles. The highest BCUT2D eigenvalue weighted by Gasteiger charge is 2.04. The van der Waals surface area contributed by atoms with Gasteiger partial charge in [0.15, 0.2) is 0 Å². The van der Waals surface area contributed by atoms with Crippen molar-refractivity contribution in [2.75, 3.05) is 25.4 Å². The number of anilines is 1. The third-order valence-corrected chi connectivity index (χ3v) is 2.19. The molecule has 0 bridgehead atoms. The van der Waals surface area contributed by atoms with E-state index in [4.69, 9.17) is 10.8 Å². The maximum absolute atomic E-state index is 8.74. The van der Waals surface area contributed by atoms with E-state index in [2.05, 4.69) is 21.8 Å². The maximum Gasteiger partial charge on any atom is 0.141 e. The van der Waals surface area contributed by atoms with Crippen molar-refractivity contribution in [3.63, 3.8) is 0 Å². The summed E-state index contributed by atoms with van der Waals surface area (Å²) >= 11 is 0. The Kier molecular flexibility index (Phi) is 5.00. The normalized spacial score (nSPS) is 10.9. The highest BCUT2D eigenvalue weighted by atomic mass is 16.3. The summed E-state index contributed by atoms with van der Waals surface area (Å²) < 4.78 is 0. The van der Waals surface area contributed by atoms with Crippen molar-refractivity contribution in [1.82, 2.24) is 14.9 Å². The van der Waals surface area contributed by atoms with Crippen LogP contribution in [0, 0.1) is 0 Å². The second kappa shape index (κ2) is 6.31. The summed E-state index contributed by atoms with van der Waals surface area (Å²) in [6.45, 7) is 4.88. The molecule has 0 aromatic carbocycles. The van der Waals surface area contributed by atoms with Crippen molar-refractivity contribution in [3.8, 4) is 0 Å². The lowest BCUT2D eigenvalue weighted by Crippen LogP contribution is -2.25. The molecule has 0 aliphatic heterocycles. The molecule has 1 rings (SSSR count). The Morgan fingerprint density at radius 2 is 2.20 bits per heavy atom. The molecule has 1 aromatic heterocycles. The Bertz CT molecular complexity index is 275. The van der Waals surface area contributed by atoms with E-state index in [1.165, 1.54) is 0 Å². The van der Waals surface area contributed by atoms with E-state index in [9.17, 15) is 0 Å². The second-order valence-corrected chi connectivity index (χ2v) is 3.38. The molecular weight excluding hydrogens is 192 g/mol.